The summed E-state index contributed by atoms with van der Waals surface area (Å²) in [6, 6.07) is 8.17. The molecular formula is C19H29IN4OS. The van der Waals surface area contributed by atoms with Crippen LogP contribution >= 0.6 is 35.3 Å². The van der Waals surface area contributed by atoms with Crippen molar-refractivity contribution >= 4 is 41.3 Å². The van der Waals surface area contributed by atoms with Gasteiger partial charge in [0.1, 0.15) is 10.8 Å². The van der Waals surface area contributed by atoms with Gasteiger partial charge in [-0.25, -0.2) is 4.98 Å². The summed E-state index contributed by atoms with van der Waals surface area (Å²) < 4.78 is 5.73. The van der Waals surface area contributed by atoms with Crippen LogP contribution in [0.5, 0.6) is 5.75 Å². The van der Waals surface area contributed by atoms with Gasteiger partial charge in [0.15, 0.2) is 5.96 Å². The Labute approximate surface area is 177 Å². The molecule has 0 saturated heterocycles. The Morgan fingerprint density at radius 2 is 1.96 bits per heavy atom. The molecule has 0 aliphatic carbocycles. The zero-order chi connectivity index (χ0) is 17.9. The lowest BCUT2D eigenvalue weighted by Crippen LogP contribution is -2.37. The fourth-order valence-electron chi connectivity index (χ4n) is 2.23. The van der Waals surface area contributed by atoms with Crippen LogP contribution in [0.4, 0.5) is 0 Å². The Balaban J connectivity index is 0.00000338. The van der Waals surface area contributed by atoms with Crippen molar-refractivity contribution < 1.29 is 4.74 Å². The molecule has 0 fully saturated rings. The number of hydrogen-bond donors (Lipinski definition) is 2. The topological polar surface area (TPSA) is 58.5 Å². The van der Waals surface area contributed by atoms with Crippen LogP contribution in [-0.2, 0) is 13.0 Å². The molecule has 1 aromatic heterocycles. The molecule has 0 aliphatic heterocycles. The van der Waals surface area contributed by atoms with Crippen molar-refractivity contribution in [1.82, 2.24) is 15.6 Å². The summed E-state index contributed by atoms with van der Waals surface area (Å²) in [5.74, 6) is 1.75. The second-order valence-corrected chi connectivity index (χ2v) is 6.99. The SMILES string of the molecule is CCc1cnc(CNC(=NC)NCCCCOc2ccc(C)cc2)s1.I. The number of benzene rings is 1. The summed E-state index contributed by atoms with van der Waals surface area (Å²) in [6.07, 6.45) is 5.02. The van der Waals surface area contributed by atoms with Gasteiger partial charge in [0.05, 0.1) is 13.2 Å². The summed E-state index contributed by atoms with van der Waals surface area (Å²) in [5.41, 5.74) is 1.25. The Morgan fingerprint density at radius 1 is 1.19 bits per heavy atom. The number of ether oxygens (including phenoxy) is 1. The number of aromatic nitrogens is 1. The van der Waals surface area contributed by atoms with Gasteiger partial charge in [-0.05, 0) is 38.3 Å². The highest BCUT2D eigenvalue weighted by Crippen LogP contribution is 2.13. The molecule has 2 aromatic rings. The second-order valence-electron chi connectivity index (χ2n) is 5.80. The number of nitrogens with one attached hydrogen (secondary N) is 2. The maximum atomic E-state index is 5.73. The fourth-order valence-corrected chi connectivity index (χ4v) is 3.03. The monoisotopic (exact) mass is 488 g/mol. The Morgan fingerprint density at radius 3 is 2.62 bits per heavy atom. The average molecular weight is 488 g/mol. The van der Waals surface area contributed by atoms with Crippen molar-refractivity contribution in [2.45, 2.75) is 39.7 Å². The molecule has 26 heavy (non-hydrogen) atoms. The zero-order valence-corrected chi connectivity index (χ0v) is 18.9. The standard InChI is InChI=1S/C19H28N4OS.HI/c1-4-17-13-22-18(25-17)14-23-19(20-3)21-11-5-6-12-24-16-9-7-15(2)8-10-16;/h7-10,13H,4-6,11-12,14H2,1-3H3,(H2,20,21,23);1H. The van der Waals surface area contributed by atoms with Gasteiger partial charge in [-0.2, -0.15) is 0 Å². The average Bonchev–Trinajstić information content (AvgIpc) is 3.10. The van der Waals surface area contributed by atoms with Crippen LogP contribution in [0.25, 0.3) is 0 Å². The molecule has 2 N–H and O–H groups in total. The molecule has 0 bridgehead atoms. The number of nitrogens with zero attached hydrogens (tertiary/aromatic N) is 2. The van der Waals surface area contributed by atoms with Crippen molar-refractivity contribution in [3.8, 4) is 5.75 Å². The van der Waals surface area contributed by atoms with Gasteiger partial charge in [-0.15, -0.1) is 35.3 Å². The van der Waals surface area contributed by atoms with Gasteiger partial charge in [0.2, 0.25) is 0 Å². The molecule has 0 aliphatic rings. The number of unbranched alkanes of at least 4 members (excludes halogenated alkanes) is 1. The van der Waals surface area contributed by atoms with Crippen LogP contribution in [0.1, 0.15) is 35.2 Å². The highest BCUT2D eigenvalue weighted by atomic mass is 127. The lowest BCUT2D eigenvalue weighted by Gasteiger charge is -2.11. The highest BCUT2D eigenvalue weighted by molar-refractivity contribution is 14.0. The molecule has 0 unspecified atom stereocenters. The third-order valence-electron chi connectivity index (χ3n) is 3.73. The minimum Gasteiger partial charge on any atom is -0.494 e. The van der Waals surface area contributed by atoms with Crippen LogP contribution in [0.15, 0.2) is 35.5 Å². The van der Waals surface area contributed by atoms with Gasteiger partial charge < -0.3 is 15.4 Å². The van der Waals surface area contributed by atoms with Crippen molar-refractivity contribution in [1.29, 1.82) is 0 Å². The predicted molar refractivity (Wildman–Crippen MR) is 121 cm³/mol. The van der Waals surface area contributed by atoms with Gasteiger partial charge >= 0.3 is 0 Å². The molecule has 1 heterocycles. The number of aliphatic imine (C=N–C) groups is 1. The molecule has 1 aromatic carbocycles. The number of rotatable bonds is 9. The summed E-state index contributed by atoms with van der Waals surface area (Å²) in [6.45, 7) is 6.53. The van der Waals surface area contributed by atoms with E-state index in [1.165, 1.54) is 10.4 Å². The van der Waals surface area contributed by atoms with E-state index < -0.39 is 0 Å². The van der Waals surface area contributed by atoms with E-state index in [2.05, 4.69) is 46.6 Å². The zero-order valence-electron chi connectivity index (χ0n) is 15.7. The first-order chi connectivity index (χ1) is 12.2. The molecule has 0 radical (unpaired) electrons. The molecule has 0 spiro atoms. The van der Waals surface area contributed by atoms with Crippen LogP contribution in [0, 0.1) is 6.92 Å². The molecule has 2 rings (SSSR count). The van der Waals surface area contributed by atoms with Gasteiger partial charge in [-0.1, -0.05) is 24.6 Å². The molecule has 7 heteroatoms. The lowest BCUT2D eigenvalue weighted by molar-refractivity contribution is 0.307. The first-order valence-corrected chi connectivity index (χ1v) is 9.60. The van der Waals surface area contributed by atoms with Crippen LogP contribution in [-0.4, -0.2) is 31.1 Å². The van der Waals surface area contributed by atoms with Crippen LogP contribution in [0.2, 0.25) is 0 Å². The smallest absolute Gasteiger partial charge is 0.191 e. The van der Waals surface area contributed by atoms with Crippen molar-refractivity contribution in [2.24, 2.45) is 4.99 Å². The van der Waals surface area contributed by atoms with E-state index >= 15 is 0 Å². The van der Waals surface area contributed by atoms with Gasteiger partial charge in [0, 0.05) is 24.7 Å². The first kappa shape index (κ1) is 22.7. The van der Waals surface area contributed by atoms with E-state index in [1.807, 2.05) is 18.3 Å². The molecule has 5 nitrogen and oxygen atoms in total. The predicted octanol–water partition coefficient (Wildman–Crippen LogP) is 4.16. The van der Waals surface area contributed by atoms with Crippen LogP contribution < -0.4 is 15.4 Å². The van der Waals surface area contributed by atoms with Crippen molar-refractivity contribution in [3.63, 3.8) is 0 Å². The molecule has 0 amide bonds. The number of halogens is 1. The molecule has 0 atom stereocenters. The second kappa shape index (κ2) is 12.9. The van der Waals surface area contributed by atoms with E-state index in [4.69, 9.17) is 4.74 Å². The highest BCUT2D eigenvalue weighted by Gasteiger charge is 2.02. The number of aryl methyl sites for hydroxylation is 2. The largest absolute Gasteiger partial charge is 0.494 e. The van der Waals surface area contributed by atoms with Gasteiger partial charge in [0.25, 0.3) is 0 Å². The minimum absolute atomic E-state index is 0. The van der Waals surface area contributed by atoms with E-state index in [9.17, 15) is 0 Å². The molecule has 0 saturated carbocycles. The summed E-state index contributed by atoms with van der Waals surface area (Å²) in [7, 11) is 1.79. The molecular weight excluding hydrogens is 459 g/mol. The lowest BCUT2D eigenvalue weighted by atomic mass is 10.2. The third-order valence-corrected chi connectivity index (χ3v) is 4.88. The third kappa shape index (κ3) is 8.35. The van der Waals surface area contributed by atoms with Gasteiger partial charge in [-0.3, -0.25) is 4.99 Å². The maximum Gasteiger partial charge on any atom is 0.191 e. The first-order valence-electron chi connectivity index (χ1n) is 8.79. The molecule has 144 valence electrons. The van der Waals surface area contributed by atoms with E-state index in [0.717, 1.165) is 49.1 Å². The normalized spacial score (nSPS) is 11.0. The maximum absolute atomic E-state index is 5.73. The van der Waals surface area contributed by atoms with E-state index in [0.29, 0.717) is 6.54 Å². The van der Waals surface area contributed by atoms with E-state index in [-0.39, 0.29) is 24.0 Å². The summed E-state index contributed by atoms with van der Waals surface area (Å²) >= 11 is 1.75. The van der Waals surface area contributed by atoms with E-state index in [1.54, 1.807) is 18.4 Å². The number of thiazole rings is 1. The van der Waals surface area contributed by atoms with Crippen LogP contribution in [0.3, 0.4) is 0 Å². The quantitative estimate of drug-likeness (QED) is 0.241. The minimum atomic E-state index is 0. The number of hydrogen-bond acceptors (Lipinski definition) is 4. The Hall–Kier alpha value is -1.35. The Bertz CT molecular complexity index is 658. The Kier molecular flexibility index (Phi) is 11.3. The van der Waals surface area contributed by atoms with Crippen molar-refractivity contribution in [3.05, 3.63) is 45.9 Å². The summed E-state index contributed by atoms with van der Waals surface area (Å²) in [5, 5.41) is 7.72. The fraction of sp³-hybridized carbons (Fsp3) is 0.474. The summed E-state index contributed by atoms with van der Waals surface area (Å²) in [4.78, 5) is 9.96. The number of guanidine groups is 1. The van der Waals surface area contributed by atoms with Crippen molar-refractivity contribution in [2.75, 3.05) is 20.2 Å².